The van der Waals surface area contributed by atoms with Crippen LogP contribution < -0.4 is 10.0 Å². The summed E-state index contributed by atoms with van der Waals surface area (Å²) in [6.45, 7) is 9.89. The minimum Gasteiger partial charge on any atom is -0.380 e. The Morgan fingerprint density at radius 1 is 0.921 bits per heavy atom. The molecule has 38 heavy (non-hydrogen) atoms. The minimum atomic E-state index is 0.547. The van der Waals surface area contributed by atoms with E-state index in [0.29, 0.717) is 19.8 Å². The smallest absolute Gasteiger partial charge is 0.182 e. The third kappa shape index (κ3) is 5.69. The number of aryl methyl sites for hydroxylation is 2. The summed E-state index contributed by atoms with van der Waals surface area (Å²) < 4.78 is 14.6. The molecule has 5 aromatic rings. The molecule has 0 atom stereocenters. The first-order valence-electron chi connectivity index (χ1n) is 12.8. The quantitative estimate of drug-likeness (QED) is 0.179. The number of hydrogen-bond donors (Lipinski definition) is 2. The van der Waals surface area contributed by atoms with Gasteiger partial charge in [-0.2, -0.15) is 0 Å². The van der Waals surface area contributed by atoms with Crippen molar-refractivity contribution in [2.24, 2.45) is 0 Å². The number of nitrogens with one attached hydrogen (secondary N) is 2. The summed E-state index contributed by atoms with van der Waals surface area (Å²) in [5, 5.41) is 8.89. The second-order valence-corrected chi connectivity index (χ2v) is 10.1. The molecule has 0 aliphatic heterocycles. The molecule has 2 N–H and O–H groups in total. The van der Waals surface area contributed by atoms with Gasteiger partial charge in [0.25, 0.3) is 0 Å². The summed E-state index contributed by atoms with van der Waals surface area (Å²) in [6.07, 6.45) is 0. The van der Waals surface area contributed by atoms with E-state index in [9.17, 15) is 0 Å². The van der Waals surface area contributed by atoms with E-state index in [1.807, 2.05) is 33.8 Å². The van der Waals surface area contributed by atoms with Crippen LogP contribution in [0.15, 0.2) is 82.2 Å². The van der Waals surface area contributed by atoms with Crippen molar-refractivity contribution in [1.82, 2.24) is 10.1 Å². The molecule has 0 aliphatic rings. The van der Waals surface area contributed by atoms with Gasteiger partial charge in [-0.15, -0.1) is 0 Å². The van der Waals surface area contributed by atoms with Gasteiger partial charge < -0.3 is 19.3 Å². The van der Waals surface area contributed by atoms with Crippen LogP contribution in [0.3, 0.4) is 0 Å². The molecular formula is C31H32N4O2S. The van der Waals surface area contributed by atoms with Gasteiger partial charge >= 0.3 is 0 Å². The van der Waals surface area contributed by atoms with Crippen LogP contribution in [-0.4, -0.2) is 16.7 Å². The van der Waals surface area contributed by atoms with E-state index in [4.69, 9.17) is 9.26 Å². The van der Waals surface area contributed by atoms with Crippen LogP contribution in [0.5, 0.6) is 0 Å². The fourth-order valence-electron chi connectivity index (χ4n) is 4.40. The summed E-state index contributed by atoms with van der Waals surface area (Å²) >= 11 is 1.54. The lowest BCUT2D eigenvalue weighted by Crippen LogP contribution is -2.04. The Bertz CT molecular complexity index is 1560. The monoisotopic (exact) mass is 524 g/mol. The van der Waals surface area contributed by atoms with Crippen molar-refractivity contribution in [2.45, 2.75) is 45.7 Å². The van der Waals surface area contributed by atoms with Gasteiger partial charge in [0.1, 0.15) is 5.76 Å². The van der Waals surface area contributed by atoms with Crippen LogP contribution in [0.1, 0.15) is 35.1 Å². The lowest BCUT2D eigenvalue weighted by Gasteiger charge is -2.16. The topological polar surface area (TPSA) is 72.2 Å². The van der Waals surface area contributed by atoms with Gasteiger partial charge in [0.15, 0.2) is 5.82 Å². The molecule has 0 fully saturated rings. The predicted molar refractivity (Wildman–Crippen MR) is 156 cm³/mol. The zero-order valence-electron chi connectivity index (χ0n) is 22.2. The maximum atomic E-state index is 5.89. The average molecular weight is 525 g/mol. The largest absolute Gasteiger partial charge is 0.380 e. The average Bonchev–Trinajstić information content (AvgIpc) is 3.26. The van der Waals surface area contributed by atoms with Crippen LogP contribution in [0.4, 0.5) is 11.5 Å². The molecule has 5 rings (SSSR count). The fraction of sp³-hybridized carbons (Fsp3) is 0.226. The highest BCUT2D eigenvalue weighted by Gasteiger charge is 2.14. The fourth-order valence-corrected chi connectivity index (χ4v) is 5.23. The predicted octanol–water partition coefficient (Wildman–Crippen LogP) is 8.08. The van der Waals surface area contributed by atoms with E-state index in [2.05, 4.69) is 86.9 Å². The molecule has 2 aromatic heterocycles. The second kappa shape index (κ2) is 11.7. The van der Waals surface area contributed by atoms with Gasteiger partial charge in [0.05, 0.1) is 12.1 Å². The summed E-state index contributed by atoms with van der Waals surface area (Å²) in [4.78, 5) is 5.77. The van der Waals surface area contributed by atoms with Gasteiger partial charge in [-0.25, -0.2) is 0 Å². The molecule has 0 saturated heterocycles. The summed E-state index contributed by atoms with van der Waals surface area (Å²) in [5.74, 6) is 1.57. The second-order valence-electron chi connectivity index (χ2n) is 9.22. The molecule has 0 aliphatic carbocycles. The summed E-state index contributed by atoms with van der Waals surface area (Å²) in [7, 11) is 0. The van der Waals surface area contributed by atoms with E-state index in [0.717, 1.165) is 61.0 Å². The van der Waals surface area contributed by atoms with E-state index in [1.165, 1.54) is 17.5 Å². The van der Waals surface area contributed by atoms with Gasteiger partial charge in [-0.05, 0) is 80.1 Å². The Labute approximate surface area is 227 Å². The minimum absolute atomic E-state index is 0.547. The van der Waals surface area contributed by atoms with E-state index in [1.54, 1.807) is 0 Å². The van der Waals surface area contributed by atoms with E-state index < -0.39 is 0 Å². The molecule has 194 valence electrons. The standard InChI is InChI=1S/C31H32N4O2S/c1-5-36-19-24-17-23(18-32-29-16-20(2)33-28-12-8-6-11-27(28)29)14-15-25(24)26-10-7-9-13-30(26)38-35-31-21(3)22(4)37-34-31/h6-17H,5,18-19H2,1-4H3,(H,32,33)(H,34,35). The first-order valence-corrected chi connectivity index (χ1v) is 13.6. The molecule has 0 bridgehead atoms. The van der Waals surface area contributed by atoms with Crippen molar-refractivity contribution >= 4 is 34.4 Å². The van der Waals surface area contributed by atoms with Crippen LogP contribution >= 0.6 is 11.9 Å². The van der Waals surface area contributed by atoms with Crippen molar-refractivity contribution in [3.05, 3.63) is 101 Å². The normalized spacial score (nSPS) is 11.2. The van der Waals surface area contributed by atoms with Crippen LogP contribution in [0.2, 0.25) is 0 Å². The summed E-state index contributed by atoms with van der Waals surface area (Å²) in [6, 6.07) is 25.4. The molecule has 2 heterocycles. The van der Waals surface area contributed by atoms with Gasteiger partial charge in [0, 0.05) is 40.4 Å². The number of para-hydroxylation sites is 1. The first kappa shape index (κ1) is 25.8. The van der Waals surface area contributed by atoms with Crippen molar-refractivity contribution in [2.75, 3.05) is 16.6 Å². The van der Waals surface area contributed by atoms with Gasteiger partial charge in [0.2, 0.25) is 0 Å². The number of aromatic nitrogens is 2. The molecule has 0 amide bonds. The van der Waals surface area contributed by atoms with E-state index >= 15 is 0 Å². The van der Waals surface area contributed by atoms with Crippen LogP contribution in [0.25, 0.3) is 22.0 Å². The number of ether oxygens (including phenoxy) is 1. The van der Waals surface area contributed by atoms with Crippen LogP contribution in [0, 0.1) is 20.8 Å². The van der Waals surface area contributed by atoms with Gasteiger partial charge in [-0.1, -0.05) is 59.8 Å². The Balaban J connectivity index is 1.41. The molecular weight excluding hydrogens is 492 g/mol. The highest BCUT2D eigenvalue weighted by molar-refractivity contribution is 8.00. The molecule has 0 spiro atoms. The molecule has 0 saturated carbocycles. The first-order chi connectivity index (χ1) is 18.5. The molecule has 7 heteroatoms. The van der Waals surface area contributed by atoms with E-state index in [-0.39, 0.29) is 0 Å². The zero-order valence-corrected chi connectivity index (χ0v) is 23.0. The highest BCUT2D eigenvalue weighted by atomic mass is 32.2. The van der Waals surface area contributed by atoms with Crippen molar-refractivity contribution in [3.63, 3.8) is 0 Å². The lowest BCUT2D eigenvalue weighted by atomic mass is 9.97. The van der Waals surface area contributed by atoms with Crippen molar-refractivity contribution in [3.8, 4) is 11.1 Å². The maximum absolute atomic E-state index is 5.89. The molecule has 3 aromatic carbocycles. The number of nitrogens with zero attached hydrogens (tertiary/aromatic N) is 2. The maximum Gasteiger partial charge on any atom is 0.182 e. The zero-order chi connectivity index (χ0) is 26.5. The Kier molecular flexibility index (Phi) is 7.96. The van der Waals surface area contributed by atoms with Gasteiger partial charge in [-0.3, -0.25) is 4.98 Å². The Morgan fingerprint density at radius 2 is 1.74 bits per heavy atom. The number of anilines is 2. The number of rotatable bonds is 10. The lowest BCUT2D eigenvalue weighted by molar-refractivity contribution is 0.134. The van der Waals surface area contributed by atoms with Crippen LogP contribution in [-0.2, 0) is 17.9 Å². The number of benzene rings is 3. The molecule has 6 nitrogen and oxygen atoms in total. The van der Waals surface area contributed by atoms with Crippen molar-refractivity contribution in [1.29, 1.82) is 0 Å². The third-order valence-electron chi connectivity index (χ3n) is 6.55. The SMILES string of the molecule is CCOCc1cc(CNc2cc(C)nc3ccccc23)ccc1-c1ccccc1SNc1noc(C)c1C. The Morgan fingerprint density at radius 3 is 2.55 bits per heavy atom. The summed E-state index contributed by atoms with van der Waals surface area (Å²) in [5.41, 5.74) is 8.76. The number of hydrogen-bond acceptors (Lipinski definition) is 7. The number of fused-ring (bicyclic) bond motifs is 1. The molecule has 0 unspecified atom stereocenters. The Hall–Kier alpha value is -3.81. The third-order valence-corrected chi connectivity index (χ3v) is 7.42. The number of pyridine rings is 1. The molecule has 0 radical (unpaired) electrons. The van der Waals surface area contributed by atoms with Crippen molar-refractivity contribution < 1.29 is 9.26 Å². The highest BCUT2D eigenvalue weighted by Crippen LogP contribution is 2.35.